The van der Waals surface area contributed by atoms with Crippen molar-refractivity contribution in [2.24, 2.45) is 0 Å². The Morgan fingerprint density at radius 1 is 1.04 bits per heavy atom. The zero-order valence-electron chi connectivity index (χ0n) is 14.1. The monoisotopic (exact) mass is 360 g/mol. The minimum atomic E-state index is 0.120. The average molecular weight is 361 g/mol. The first-order valence-corrected chi connectivity index (χ1v) is 7.92. The molecule has 1 aromatic heterocycles. The van der Waals surface area contributed by atoms with Gasteiger partial charge in [0.15, 0.2) is 6.61 Å². The molecule has 0 aliphatic carbocycles. The van der Waals surface area contributed by atoms with E-state index in [1.165, 1.54) is 0 Å². The topological polar surface area (TPSA) is 66.6 Å². The van der Waals surface area contributed by atoms with Gasteiger partial charge < -0.3 is 18.7 Å². The van der Waals surface area contributed by atoms with Crippen molar-refractivity contribution >= 4 is 11.6 Å². The van der Waals surface area contributed by atoms with Crippen molar-refractivity contribution in [3.8, 4) is 28.6 Å². The summed E-state index contributed by atoms with van der Waals surface area (Å²) in [6, 6.07) is 10.9. The molecule has 0 spiro atoms. The first kappa shape index (κ1) is 17.1. The molecule has 0 atom stereocenters. The Labute approximate surface area is 150 Å². The number of benzene rings is 2. The number of nitrogens with zero attached hydrogens (tertiary/aromatic N) is 2. The van der Waals surface area contributed by atoms with Crippen molar-refractivity contribution in [2.75, 3.05) is 14.2 Å². The van der Waals surface area contributed by atoms with E-state index < -0.39 is 0 Å². The van der Waals surface area contributed by atoms with Gasteiger partial charge in [-0.15, -0.1) is 0 Å². The van der Waals surface area contributed by atoms with E-state index in [-0.39, 0.29) is 6.61 Å². The second-order valence-corrected chi connectivity index (χ2v) is 5.71. The van der Waals surface area contributed by atoms with E-state index in [4.69, 9.17) is 30.3 Å². The lowest BCUT2D eigenvalue weighted by Crippen LogP contribution is -1.97. The number of halogens is 1. The second kappa shape index (κ2) is 7.44. The highest BCUT2D eigenvalue weighted by Gasteiger charge is 2.15. The van der Waals surface area contributed by atoms with Crippen molar-refractivity contribution in [3.63, 3.8) is 0 Å². The number of hydrogen-bond donors (Lipinski definition) is 0. The van der Waals surface area contributed by atoms with Crippen LogP contribution >= 0.6 is 11.6 Å². The minimum Gasteiger partial charge on any atom is -0.497 e. The number of methoxy groups -OCH3 is 2. The van der Waals surface area contributed by atoms with Gasteiger partial charge in [-0.2, -0.15) is 4.98 Å². The predicted molar refractivity (Wildman–Crippen MR) is 93.4 cm³/mol. The van der Waals surface area contributed by atoms with Gasteiger partial charge in [0, 0.05) is 6.07 Å². The Balaban J connectivity index is 1.77. The average Bonchev–Trinajstić information content (AvgIpc) is 3.10. The molecule has 0 radical (unpaired) electrons. The van der Waals surface area contributed by atoms with Gasteiger partial charge in [-0.05, 0) is 36.8 Å². The molecule has 1 heterocycles. The van der Waals surface area contributed by atoms with Gasteiger partial charge in [-0.1, -0.05) is 22.8 Å². The van der Waals surface area contributed by atoms with Crippen molar-refractivity contribution in [2.45, 2.75) is 13.5 Å². The van der Waals surface area contributed by atoms with Gasteiger partial charge in [0.25, 0.3) is 5.89 Å². The highest BCUT2D eigenvalue weighted by Crippen LogP contribution is 2.32. The fourth-order valence-corrected chi connectivity index (χ4v) is 2.44. The van der Waals surface area contributed by atoms with Gasteiger partial charge in [0.2, 0.25) is 5.82 Å². The van der Waals surface area contributed by atoms with Crippen LogP contribution in [0.4, 0.5) is 0 Å². The Morgan fingerprint density at radius 3 is 2.64 bits per heavy atom. The van der Waals surface area contributed by atoms with E-state index in [1.54, 1.807) is 32.4 Å². The highest BCUT2D eigenvalue weighted by atomic mass is 35.5. The van der Waals surface area contributed by atoms with E-state index in [0.717, 1.165) is 5.56 Å². The van der Waals surface area contributed by atoms with Crippen LogP contribution < -0.4 is 14.2 Å². The summed E-state index contributed by atoms with van der Waals surface area (Å²) in [4.78, 5) is 4.35. The summed E-state index contributed by atoms with van der Waals surface area (Å²) in [5, 5.41) is 4.51. The Hall–Kier alpha value is -2.73. The largest absolute Gasteiger partial charge is 0.497 e. The van der Waals surface area contributed by atoms with Crippen LogP contribution in [0.25, 0.3) is 11.4 Å². The highest BCUT2D eigenvalue weighted by molar-refractivity contribution is 6.32. The molecule has 130 valence electrons. The van der Waals surface area contributed by atoms with E-state index >= 15 is 0 Å². The molecule has 7 heteroatoms. The molecule has 0 saturated heterocycles. The molecular formula is C18H17ClN2O4. The molecule has 25 heavy (non-hydrogen) atoms. The quantitative estimate of drug-likeness (QED) is 0.653. The van der Waals surface area contributed by atoms with Crippen LogP contribution in [0.2, 0.25) is 5.02 Å². The molecule has 0 aliphatic rings. The molecule has 3 aromatic rings. The molecule has 0 aliphatic heterocycles. The number of aromatic nitrogens is 2. The third kappa shape index (κ3) is 3.85. The lowest BCUT2D eigenvalue weighted by molar-refractivity contribution is 0.243. The van der Waals surface area contributed by atoms with Crippen LogP contribution in [0.15, 0.2) is 40.9 Å². The third-order valence-corrected chi connectivity index (χ3v) is 3.87. The van der Waals surface area contributed by atoms with E-state index in [9.17, 15) is 0 Å². The predicted octanol–water partition coefficient (Wildman–Crippen LogP) is 4.29. The molecule has 0 unspecified atom stereocenters. The maximum Gasteiger partial charge on any atom is 0.264 e. The third-order valence-electron chi connectivity index (χ3n) is 3.56. The zero-order valence-corrected chi connectivity index (χ0v) is 14.8. The van der Waals surface area contributed by atoms with E-state index in [0.29, 0.717) is 39.5 Å². The van der Waals surface area contributed by atoms with Gasteiger partial charge in [-0.25, -0.2) is 0 Å². The van der Waals surface area contributed by atoms with Gasteiger partial charge in [0.1, 0.15) is 17.2 Å². The molecule has 2 aromatic carbocycles. The van der Waals surface area contributed by atoms with E-state index in [1.807, 2.05) is 25.1 Å². The summed E-state index contributed by atoms with van der Waals surface area (Å²) >= 11 is 6.11. The number of hydrogen-bond acceptors (Lipinski definition) is 6. The lowest BCUT2D eigenvalue weighted by Gasteiger charge is -2.07. The summed E-state index contributed by atoms with van der Waals surface area (Å²) in [6.45, 7) is 2.08. The summed E-state index contributed by atoms with van der Waals surface area (Å²) < 4.78 is 21.5. The summed E-state index contributed by atoms with van der Waals surface area (Å²) in [5.41, 5.74) is 1.75. The van der Waals surface area contributed by atoms with Crippen LogP contribution in [-0.2, 0) is 6.61 Å². The van der Waals surface area contributed by atoms with Crippen LogP contribution in [0, 0.1) is 6.92 Å². The Kier molecular flexibility index (Phi) is 5.09. The molecule has 0 amide bonds. The van der Waals surface area contributed by atoms with Gasteiger partial charge in [-0.3, -0.25) is 0 Å². The van der Waals surface area contributed by atoms with Crippen LogP contribution in [0.5, 0.6) is 17.2 Å². The second-order valence-electron chi connectivity index (χ2n) is 5.30. The molecule has 6 nitrogen and oxygen atoms in total. The number of rotatable bonds is 6. The summed E-state index contributed by atoms with van der Waals surface area (Å²) in [6.07, 6.45) is 0. The molecule has 0 bridgehead atoms. The number of ether oxygens (including phenoxy) is 3. The maximum atomic E-state index is 6.11. The molecule has 0 N–H and O–H groups in total. The normalized spacial score (nSPS) is 10.6. The van der Waals surface area contributed by atoms with Crippen LogP contribution in [0.3, 0.4) is 0 Å². The number of aryl methyl sites for hydroxylation is 1. The first-order valence-electron chi connectivity index (χ1n) is 7.54. The van der Waals surface area contributed by atoms with Gasteiger partial charge >= 0.3 is 0 Å². The Bertz CT molecular complexity index is 879. The molecule has 3 rings (SSSR count). The van der Waals surface area contributed by atoms with Gasteiger partial charge in [0.05, 0.1) is 24.8 Å². The van der Waals surface area contributed by atoms with Crippen molar-refractivity contribution < 1.29 is 18.7 Å². The maximum absolute atomic E-state index is 6.11. The van der Waals surface area contributed by atoms with Crippen LogP contribution in [0.1, 0.15) is 11.5 Å². The van der Waals surface area contributed by atoms with Crippen molar-refractivity contribution in [1.82, 2.24) is 10.1 Å². The summed E-state index contributed by atoms with van der Waals surface area (Å²) in [5.74, 6) is 2.60. The lowest BCUT2D eigenvalue weighted by atomic mass is 10.2. The molecular weight excluding hydrogens is 344 g/mol. The Morgan fingerprint density at radius 2 is 1.88 bits per heavy atom. The molecule has 0 fully saturated rings. The summed E-state index contributed by atoms with van der Waals surface area (Å²) in [7, 11) is 3.16. The van der Waals surface area contributed by atoms with Crippen LogP contribution in [-0.4, -0.2) is 24.4 Å². The fourth-order valence-electron chi connectivity index (χ4n) is 2.27. The SMILES string of the molecule is COc1ccc(-c2noc(COc3cc(C)ccc3Cl)n2)c(OC)c1. The molecule has 0 saturated carbocycles. The minimum absolute atomic E-state index is 0.120. The fraction of sp³-hybridized carbons (Fsp3) is 0.222. The smallest absolute Gasteiger partial charge is 0.264 e. The van der Waals surface area contributed by atoms with Crippen molar-refractivity contribution in [1.29, 1.82) is 0 Å². The van der Waals surface area contributed by atoms with E-state index in [2.05, 4.69) is 10.1 Å². The van der Waals surface area contributed by atoms with Crippen molar-refractivity contribution in [3.05, 3.63) is 52.9 Å². The standard InChI is InChI=1S/C18H17ClN2O4/c1-11-4-7-14(19)16(8-11)24-10-17-20-18(21-25-17)13-6-5-12(22-2)9-15(13)23-3/h4-9H,10H2,1-3H3. The first-order chi connectivity index (χ1) is 12.1. The zero-order chi connectivity index (χ0) is 17.8.